The smallest absolute Gasteiger partial charge is 0.338 e. The fourth-order valence-electron chi connectivity index (χ4n) is 3.40. The molecule has 0 fully saturated rings. The number of ether oxygens (including phenoxy) is 4. The first-order valence-electron chi connectivity index (χ1n) is 11.0. The van der Waals surface area contributed by atoms with E-state index in [0.717, 1.165) is 11.3 Å². The number of aryl methyl sites for hydroxylation is 2. The lowest BCUT2D eigenvalue weighted by Gasteiger charge is -2.11. The van der Waals surface area contributed by atoms with Gasteiger partial charge in [-0.3, -0.25) is 14.9 Å². The van der Waals surface area contributed by atoms with E-state index >= 15 is 0 Å². The Balaban J connectivity index is 1.33. The monoisotopic (exact) mass is 497 g/mol. The summed E-state index contributed by atoms with van der Waals surface area (Å²) in [7, 11) is 0. The summed E-state index contributed by atoms with van der Waals surface area (Å²) < 4.78 is 26.8. The highest BCUT2D eigenvalue weighted by molar-refractivity contribution is 5.97. The molecule has 1 aromatic heterocycles. The molecule has 12 nitrogen and oxygen atoms in total. The van der Waals surface area contributed by atoms with Crippen LogP contribution in [0.3, 0.4) is 0 Å². The first-order chi connectivity index (χ1) is 17.3. The summed E-state index contributed by atoms with van der Waals surface area (Å²) in [6, 6.07) is 8.69. The number of rotatable bonds is 8. The van der Waals surface area contributed by atoms with E-state index in [1.807, 2.05) is 6.92 Å². The number of nitrogens with zero attached hydrogens (tertiary/aromatic N) is 2. The van der Waals surface area contributed by atoms with Gasteiger partial charge in [0.1, 0.15) is 23.8 Å². The number of anilines is 1. The molecule has 1 aliphatic rings. The Morgan fingerprint density at radius 1 is 1.11 bits per heavy atom. The van der Waals surface area contributed by atoms with Gasteiger partial charge in [0.15, 0.2) is 18.1 Å². The standard InChI is InChI=1S/C24H23N3O9/c1-14-18(15(2)36-26-14)12-34-17-6-4-16(5-7-17)24(29)35-13-23(28)25-19-10-21-22(11-20(19)27(30)31)33-9-3-8-32-21/h4-7,10-11H,3,8-9,12-13H2,1-2H3,(H,25,28). The minimum Gasteiger partial charge on any atom is -0.489 e. The summed E-state index contributed by atoms with van der Waals surface area (Å²) in [5.41, 5.74) is 1.33. The Morgan fingerprint density at radius 3 is 2.44 bits per heavy atom. The molecule has 2 aromatic carbocycles. The topological polar surface area (TPSA) is 152 Å². The van der Waals surface area contributed by atoms with Crippen molar-refractivity contribution in [3.8, 4) is 17.2 Å². The van der Waals surface area contributed by atoms with Crippen molar-refractivity contribution in [2.75, 3.05) is 25.1 Å². The third-order valence-electron chi connectivity index (χ3n) is 5.33. The Bertz CT molecular complexity index is 1270. The maximum absolute atomic E-state index is 12.4. The summed E-state index contributed by atoms with van der Waals surface area (Å²) in [5, 5.41) is 17.7. The van der Waals surface area contributed by atoms with Gasteiger partial charge in [-0.15, -0.1) is 0 Å². The lowest BCUT2D eigenvalue weighted by atomic mass is 10.2. The molecular weight excluding hydrogens is 474 g/mol. The molecule has 0 atom stereocenters. The van der Waals surface area contributed by atoms with E-state index < -0.39 is 23.4 Å². The van der Waals surface area contributed by atoms with Crippen molar-refractivity contribution in [3.63, 3.8) is 0 Å². The highest BCUT2D eigenvalue weighted by atomic mass is 16.6. The number of aromatic nitrogens is 1. The largest absolute Gasteiger partial charge is 0.489 e. The fourth-order valence-corrected chi connectivity index (χ4v) is 3.40. The second-order valence-electron chi connectivity index (χ2n) is 7.86. The predicted octanol–water partition coefficient (Wildman–Crippen LogP) is 3.74. The van der Waals surface area contributed by atoms with E-state index in [0.29, 0.717) is 31.1 Å². The van der Waals surface area contributed by atoms with Crippen LogP contribution < -0.4 is 19.5 Å². The second-order valence-corrected chi connectivity index (χ2v) is 7.86. The van der Waals surface area contributed by atoms with E-state index in [1.54, 1.807) is 19.1 Å². The highest BCUT2D eigenvalue weighted by Crippen LogP contribution is 2.39. The highest BCUT2D eigenvalue weighted by Gasteiger charge is 2.23. The van der Waals surface area contributed by atoms with Gasteiger partial charge < -0.3 is 28.8 Å². The van der Waals surface area contributed by atoms with Gasteiger partial charge in [-0.1, -0.05) is 5.16 Å². The van der Waals surface area contributed by atoms with Crippen molar-refractivity contribution < 1.29 is 38.0 Å². The van der Waals surface area contributed by atoms with E-state index in [2.05, 4.69) is 10.5 Å². The molecule has 0 unspecified atom stereocenters. The SMILES string of the molecule is Cc1noc(C)c1COc1ccc(C(=O)OCC(=O)Nc2cc3c(cc2[N+](=O)[O-])OCCCO3)cc1. The summed E-state index contributed by atoms with van der Waals surface area (Å²) in [4.78, 5) is 35.5. The van der Waals surface area contributed by atoms with Crippen LogP contribution in [0, 0.1) is 24.0 Å². The molecule has 0 bridgehead atoms. The Hall–Kier alpha value is -4.61. The molecule has 2 heterocycles. The van der Waals surface area contributed by atoms with Crippen LogP contribution >= 0.6 is 0 Å². The molecule has 1 amide bonds. The van der Waals surface area contributed by atoms with Crippen LogP contribution in [-0.4, -0.2) is 41.8 Å². The summed E-state index contributed by atoms with van der Waals surface area (Å²) in [6.45, 7) is 3.96. The second kappa shape index (κ2) is 10.8. The number of carbonyl (C=O) groups is 2. The van der Waals surface area contributed by atoms with E-state index in [-0.39, 0.29) is 35.0 Å². The molecule has 36 heavy (non-hydrogen) atoms. The number of nitro benzene ring substituents is 1. The minimum absolute atomic E-state index is 0.0925. The Morgan fingerprint density at radius 2 is 1.81 bits per heavy atom. The summed E-state index contributed by atoms with van der Waals surface area (Å²) >= 11 is 0. The van der Waals surface area contributed by atoms with Crippen LogP contribution in [0.15, 0.2) is 40.9 Å². The lowest BCUT2D eigenvalue weighted by molar-refractivity contribution is -0.384. The molecule has 1 aliphatic heterocycles. The van der Waals surface area contributed by atoms with Gasteiger partial charge in [0, 0.05) is 12.5 Å². The van der Waals surface area contributed by atoms with Crippen LogP contribution in [0.2, 0.25) is 0 Å². The molecule has 3 aromatic rings. The van der Waals surface area contributed by atoms with Gasteiger partial charge >= 0.3 is 5.97 Å². The van der Waals surface area contributed by atoms with Gasteiger partial charge in [-0.2, -0.15) is 0 Å². The normalized spacial score (nSPS) is 12.4. The Labute approximate surface area is 205 Å². The number of hydrogen-bond donors (Lipinski definition) is 1. The van der Waals surface area contributed by atoms with Gasteiger partial charge in [-0.05, 0) is 38.1 Å². The van der Waals surface area contributed by atoms with Crippen molar-refractivity contribution in [1.29, 1.82) is 0 Å². The number of amides is 1. The zero-order valence-corrected chi connectivity index (χ0v) is 19.6. The molecule has 0 spiro atoms. The molecule has 0 saturated carbocycles. The third-order valence-corrected chi connectivity index (χ3v) is 5.33. The van der Waals surface area contributed by atoms with Crippen LogP contribution in [-0.2, 0) is 16.1 Å². The quantitative estimate of drug-likeness (QED) is 0.277. The number of nitrogens with one attached hydrogen (secondary N) is 1. The number of hydrogen-bond acceptors (Lipinski definition) is 10. The van der Waals surface area contributed by atoms with E-state index in [1.165, 1.54) is 24.3 Å². The fraction of sp³-hybridized carbons (Fsp3) is 0.292. The molecule has 0 aliphatic carbocycles. The Kier molecular flexibility index (Phi) is 7.33. The predicted molar refractivity (Wildman–Crippen MR) is 124 cm³/mol. The van der Waals surface area contributed by atoms with Crippen LogP contribution in [0.5, 0.6) is 17.2 Å². The van der Waals surface area contributed by atoms with Crippen molar-refractivity contribution in [2.45, 2.75) is 26.9 Å². The maximum atomic E-state index is 12.4. The first kappa shape index (κ1) is 24.5. The van der Waals surface area contributed by atoms with Crippen molar-refractivity contribution >= 4 is 23.3 Å². The number of nitro groups is 1. The van der Waals surface area contributed by atoms with Gasteiger partial charge in [0.05, 0.1) is 41.0 Å². The summed E-state index contributed by atoms with van der Waals surface area (Å²) in [5.74, 6) is 0.204. The van der Waals surface area contributed by atoms with Gasteiger partial charge in [0.25, 0.3) is 11.6 Å². The van der Waals surface area contributed by atoms with Gasteiger partial charge in [-0.25, -0.2) is 4.79 Å². The average Bonchev–Trinajstić information content (AvgIpc) is 3.04. The van der Waals surface area contributed by atoms with E-state index in [4.69, 9.17) is 23.5 Å². The van der Waals surface area contributed by atoms with E-state index in [9.17, 15) is 19.7 Å². The first-order valence-corrected chi connectivity index (χ1v) is 11.0. The zero-order chi connectivity index (χ0) is 25.7. The molecular formula is C24H23N3O9. The molecule has 0 radical (unpaired) electrons. The zero-order valence-electron chi connectivity index (χ0n) is 19.6. The average molecular weight is 497 g/mol. The summed E-state index contributed by atoms with van der Waals surface area (Å²) in [6.07, 6.45) is 0.619. The molecule has 188 valence electrons. The maximum Gasteiger partial charge on any atom is 0.338 e. The van der Waals surface area contributed by atoms with Crippen LogP contribution in [0.1, 0.15) is 33.8 Å². The molecule has 1 N–H and O–H groups in total. The van der Waals surface area contributed by atoms with Gasteiger partial charge in [0.2, 0.25) is 0 Å². The lowest BCUT2D eigenvalue weighted by Crippen LogP contribution is -2.21. The van der Waals surface area contributed by atoms with Crippen molar-refractivity contribution in [3.05, 3.63) is 69.1 Å². The van der Waals surface area contributed by atoms with Crippen LogP contribution in [0.25, 0.3) is 0 Å². The van der Waals surface area contributed by atoms with Crippen molar-refractivity contribution in [2.24, 2.45) is 0 Å². The number of carbonyl (C=O) groups excluding carboxylic acids is 2. The van der Waals surface area contributed by atoms with Crippen molar-refractivity contribution in [1.82, 2.24) is 5.16 Å². The number of benzene rings is 2. The minimum atomic E-state index is -0.750. The molecule has 4 rings (SSSR count). The van der Waals surface area contributed by atoms with Crippen LogP contribution in [0.4, 0.5) is 11.4 Å². The number of esters is 1. The number of fused-ring (bicyclic) bond motifs is 1. The molecule has 12 heteroatoms. The third kappa shape index (κ3) is 5.71. The molecule has 0 saturated heterocycles.